The number of rotatable bonds is 4. The number of thiophene rings is 1. The Balaban J connectivity index is 1.47. The Kier molecular flexibility index (Phi) is 5.76. The summed E-state index contributed by atoms with van der Waals surface area (Å²) >= 11 is 1.51. The summed E-state index contributed by atoms with van der Waals surface area (Å²) in [4.78, 5) is 29.1. The van der Waals surface area contributed by atoms with Crippen molar-refractivity contribution in [1.29, 1.82) is 0 Å². The normalized spacial score (nSPS) is 16.9. The van der Waals surface area contributed by atoms with E-state index in [2.05, 4.69) is 41.7 Å². The van der Waals surface area contributed by atoms with Crippen molar-refractivity contribution in [2.45, 2.75) is 13.3 Å². The molecule has 1 N–H and O–H groups in total. The standard InChI is InChI=1S/C24H24N2O2S/c1-17-7-12-22(29-17)24(28)26-14-13-25-23(27)21(16-26)15-18-8-10-20(11-9-18)19-5-3-2-4-6-19/h2-12,21H,13-16H2,1H3,(H,25,27). The van der Waals surface area contributed by atoms with Crippen LogP contribution in [0.1, 0.15) is 20.1 Å². The van der Waals surface area contributed by atoms with Crippen LogP contribution in [-0.2, 0) is 11.2 Å². The smallest absolute Gasteiger partial charge is 0.264 e. The van der Waals surface area contributed by atoms with Crippen LogP contribution in [0.5, 0.6) is 0 Å². The van der Waals surface area contributed by atoms with E-state index in [9.17, 15) is 9.59 Å². The van der Waals surface area contributed by atoms with E-state index in [1.807, 2.05) is 42.2 Å². The topological polar surface area (TPSA) is 49.4 Å². The molecule has 1 fully saturated rings. The maximum absolute atomic E-state index is 12.9. The lowest BCUT2D eigenvalue weighted by Crippen LogP contribution is -2.37. The van der Waals surface area contributed by atoms with Gasteiger partial charge in [-0.2, -0.15) is 0 Å². The molecule has 0 aliphatic carbocycles. The predicted molar refractivity (Wildman–Crippen MR) is 117 cm³/mol. The summed E-state index contributed by atoms with van der Waals surface area (Å²) in [6, 6.07) is 22.4. The SMILES string of the molecule is Cc1ccc(C(=O)N2CCNC(=O)C(Cc3ccc(-c4ccccc4)cc3)C2)s1. The third-order valence-corrected chi connectivity index (χ3v) is 6.26. The third kappa shape index (κ3) is 4.57. The van der Waals surface area contributed by atoms with Gasteiger partial charge >= 0.3 is 0 Å². The average Bonchev–Trinajstić information content (AvgIpc) is 3.10. The lowest BCUT2D eigenvalue weighted by Gasteiger charge is -2.22. The first-order valence-corrected chi connectivity index (χ1v) is 10.7. The van der Waals surface area contributed by atoms with Gasteiger partial charge in [-0.15, -0.1) is 11.3 Å². The van der Waals surface area contributed by atoms with E-state index >= 15 is 0 Å². The van der Waals surface area contributed by atoms with Gasteiger partial charge in [0.15, 0.2) is 0 Å². The number of aryl methyl sites for hydroxylation is 1. The molecular weight excluding hydrogens is 380 g/mol. The minimum Gasteiger partial charge on any atom is -0.354 e. The summed E-state index contributed by atoms with van der Waals surface area (Å²) in [6.45, 7) is 3.49. The van der Waals surface area contributed by atoms with Gasteiger partial charge in [0.05, 0.1) is 10.8 Å². The summed E-state index contributed by atoms with van der Waals surface area (Å²) in [7, 11) is 0. The third-order valence-electron chi connectivity index (χ3n) is 5.27. The molecule has 1 aliphatic heterocycles. The number of benzene rings is 2. The van der Waals surface area contributed by atoms with Crippen molar-refractivity contribution in [3.05, 3.63) is 82.0 Å². The maximum atomic E-state index is 12.9. The molecule has 0 bridgehead atoms. The van der Waals surface area contributed by atoms with Crippen molar-refractivity contribution in [2.24, 2.45) is 5.92 Å². The van der Waals surface area contributed by atoms with Gasteiger partial charge in [-0.05, 0) is 42.2 Å². The first-order chi connectivity index (χ1) is 14.1. The molecule has 0 saturated carbocycles. The van der Waals surface area contributed by atoms with Gasteiger partial charge in [0, 0.05) is 24.5 Å². The van der Waals surface area contributed by atoms with Crippen LogP contribution in [0.25, 0.3) is 11.1 Å². The van der Waals surface area contributed by atoms with Gasteiger partial charge in [-0.3, -0.25) is 9.59 Å². The summed E-state index contributed by atoms with van der Waals surface area (Å²) < 4.78 is 0. The van der Waals surface area contributed by atoms with E-state index in [0.29, 0.717) is 26.1 Å². The molecule has 1 aliphatic rings. The second kappa shape index (κ2) is 8.62. The second-order valence-electron chi connectivity index (χ2n) is 7.42. The largest absolute Gasteiger partial charge is 0.354 e. The highest BCUT2D eigenvalue weighted by molar-refractivity contribution is 7.13. The predicted octanol–water partition coefficient (Wildman–Crippen LogP) is 4.15. The van der Waals surface area contributed by atoms with Crippen molar-refractivity contribution in [3.63, 3.8) is 0 Å². The fourth-order valence-corrected chi connectivity index (χ4v) is 4.53. The van der Waals surface area contributed by atoms with Crippen LogP contribution in [0.15, 0.2) is 66.7 Å². The molecule has 1 atom stereocenters. The molecule has 3 aromatic rings. The number of nitrogens with zero attached hydrogens (tertiary/aromatic N) is 1. The van der Waals surface area contributed by atoms with Crippen LogP contribution in [-0.4, -0.2) is 36.3 Å². The van der Waals surface area contributed by atoms with Crippen molar-refractivity contribution in [3.8, 4) is 11.1 Å². The zero-order valence-electron chi connectivity index (χ0n) is 16.4. The average molecular weight is 405 g/mol. The van der Waals surface area contributed by atoms with Crippen LogP contribution >= 0.6 is 11.3 Å². The Bertz CT molecular complexity index is 995. The van der Waals surface area contributed by atoms with E-state index < -0.39 is 0 Å². The highest BCUT2D eigenvalue weighted by Gasteiger charge is 2.28. The first kappa shape index (κ1) is 19.4. The molecule has 2 heterocycles. The zero-order chi connectivity index (χ0) is 20.2. The van der Waals surface area contributed by atoms with E-state index in [1.165, 1.54) is 16.9 Å². The van der Waals surface area contributed by atoms with Gasteiger partial charge in [0.2, 0.25) is 5.91 Å². The summed E-state index contributed by atoms with van der Waals surface area (Å²) in [6.07, 6.45) is 0.619. The highest BCUT2D eigenvalue weighted by atomic mass is 32.1. The quantitative estimate of drug-likeness (QED) is 0.710. The molecule has 1 unspecified atom stereocenters. The van der Waals surface area contributed by atoms with Crippen molar-refractivity contribution >= 4 is 23.2 Å². The van der Waals surface area contributed by atoms with Gasteiger partial charge < -0.3 is 10.2 Å². The van der Waals surface area contributed by atoms with Crippen molar-refractivity contribution in [1.82, 2.24) is 10.2 Å². The molecule has 1 aromatic heterocycles. The molecule has 0 spiro atoms. The number of carbonyl (C=O) groups is 2. The minimum absolute atomic E-state index is 0.0176. The lowest BCUT2D eigenvalue weighted by molar-refractivity contribution is -0.124. The van der Waals surface area contributed by atoms with Crippen LogP contribution in [0.4, 0.5) is 0 Å². The second-order valence-corrected chi connectivity index (χ2v) is 8.70. The van der Waals surface area contributed by atoms with Gasteiger partial charge in [0.25, 0.3) is 5.91 Å². The molecule has 2 amide bonds. The lowest BCUT2D eigenvalue weighted by atomic mass is 9.96. The van der Waals surface area contributed by atoms with E-state index in [-0.39, 0.29) is 17.7 Å². The minimum atomic E-state index is -0.245. The molecule has 2 aromatic carbocycles. The van der Waals surface area contributed by atoms with Gasteiger partial charge in [-0.25, -0.2) is 0 Å². The molecule has 1 saturated heterocycles. The first-order valence-electron chi connectivity index (χ1n) is 9.88. The Morgan fingerprint density at radius 3 is 2.45 bits per heavy atom. The Labute approximate surface area is 175 Å². The van der Waals surface area contributed by atoms with Gasteiger partial charge in [-0.1, -0.05) is 54.6 Å². The molecular formula is C24H24N2O2S. The maximum Gasteiger partial charge on any atom is 0.264 e. The molecule has 4 nitrogen and oxygen atoms in total. The summed E-state index contributed by atoms with van der Waals surface area (Å²) in [5.41, 5.74) is 3.44. The molecule has 0 radical (unpaired) electrons. The fourth-order valence-electron chi connectivity index (χ4n) is 3.69. The van der Waals surface area contributed by atoms with Crippen molar-refractivity contribution < 1.29 is 9.59 Å². The Morgan fingerprint density at radius 2 is 1.76 bits per heavy atom. The van der Waals surface area contributed by atoms with Crippen LogP contribution in [0, 0.1) is 12.8 Å². The number of hydrogen-bond acceptors (Lipinski definition) is 3. The molecule has 29 heavy (non-hydrogen) atoms. The zero-order valence-corrected chi connectivity index (χ0v) is 17.2. The molecule has 148 valence electrons. The van der Waals surface area contributed by atoms with E-state index in [4.69, 9.17) is 0 Å². The Hall–Kier alpha value is -2.92. The fraction of sp³-hybridized carbons (Fsp3) is 0.250. The summed E-state index contributed by atoms with van der Waals surface area (Å²) in [5.74, 6) is -0.205. The van der Waals surface area contributed by atoms with Crippen LogP contribution in [0.2, 0.25) is 0 Å². The monoisotopic (exact) mass is 404 g/mol. The highest BCUT2D eigenvalue weighted by Crippen LogP contribution is 2.22. The van der Waals surface area contributed by atoms with Crippen LogP contribution < -0.4 is 5.32 Å². The van der Waals surface area contributed by atoms with Crippen LogP contribution in [0.3, 0.4) is 0 Å². The Morgan fingerprint density at radius 1 is 1.03 bits per heavy atom. The molecule has 5 heteroatoms. The van der Waals surface area contributed by atoms with E-state index in [1.54, 1.807) is 0 Å². The number of nitrogens with one attached hydrogen (secondary N) is 1. The van der Waals surface area contributed by atoms with E-state index in [0.717, 1.165) is 20.9 Å². The molecule has 4 rings (SSSR count). The number of hydrogen-bond donors (Lipinski definition) is 1. The number of carbonyl (C=O) groups excluding carboxylic acids is 2. The number of amides is 2. The van der Waals surface area contributed by atoms with Crippen molar-refractivity contribution in [2.75, 3.05) is 19.6 Å². The van der Waals surface area contributed by atoms with Gasteiger partial charge in [0.1, 0.15) is 0 Å². The summed E-state index contributed by atoms with van der Waals surface area (Å²) in [5, 5.41) is 2.96.